The molecule has 1 aliphatic rings. The molecule has 8 heteroatoms. The molecule has 0 aliphatic carbocycles. The third kappa shape index (κ3) is 5.96. The molecule has 1 aromatic heterocycles. The second-order valence-electron chi connectivity index (χ2n) is 11.1. The Morgan fingerprint density at radius 3 is 2.31 bits per heavy atom. The van der Waals surface area contributed by atoms with Crippen molar-refractivity contribution in [3.8, 4) is 0 Å². The van der Waals surface area contributed by atoms with Gasteiger partial charge in [0, 0.05) is 61.3 Å². The van der Waals surface area contributed by atoms with Crippen LogP contribution in [0.1, 0.15) is 80.8 Å². The number of rotatable bonds is 8. The summed E-state index contributed by atoms with van der Waals surface area (Å²) in [5.74, 6) is -0.446. The molecule has 0 saturated carbocycles. The highest BCUT2D eigenvalue weighted by Gasteiger charge is 2.26. The van der Waals surface area contributed by atoms with Crippen LogP contribution in [0.25, 0.3) is 5.57 Å². The van der Waals surface area contributed by atoms with Gasteiger partial charge in [0.05, 0.1) is 12.3 Å². The van der Waals surface area contributed by atoms with Gasteiger partial charge in [-0.15, -0.1) is 0 Å². The molecule has 204 valence electrons. The summed E-state index contributed by atoms with van der Waals surface area (Å²) in [7, 11) is 3.70. The van der Waals surface area contributed by atoms with Crippen LogP contribution in [0.2, 0.25) is 0 Å². The van der Waals surface area contributed by atoms with Crippen molar-refractivity contribution < 1.29 is 19.5 Å². The van der Waals surface area contributed by atoms with Crippen molar-refractivity contribution in [2.24, 2.45) is 0 Å². The molecule has 3 aromatic rings. The third-order valence-electron chi connectivity index (χ3n) is 6.90. The van der Waals surface area contributed by atoms with Crippen molar-refractivity contribution in [1.82, 2.24) is 14.8 Å². The first kappa shape index (κ1) is 27.9. The molecular formula is C31H36N4O4. The number of aromatic amines is 1. The molecule has 0 radical (unpaired) electrons. The summed E-state index contributed by atoms with van der Waals surface area (Å²) in [5, 5.41) is 13.4. The quantitative estimate of drug-likeness (QED) is 0.369. The van der Waals surface area contributed by atoms with E-state index in [4.69, 9.17) is 0 Å². The zero-order valence-corrected chi connectivity index (χ0v) is 23.2. The van der Waals surface area contributed by atoms with E-state index in [2.05, 4.69) is 31.1 Å². The summed E-state index contributed by atoms with van der Waals surface area (Å²) in [5.41, 5.74) is 4.98. The van der Waals surface area contributed by atoms with E-state index in [-0.39, 0.29) is 29.5 Å². The Morgan fingerprint density at radius 2 is 1.77 bits per heavy atom. The van der Waals surface area contributed by atoms with Crippen LogP contribution < -0.4 is 5.32 Å². The van der Waals surface area contributed by atoms with Gasteiger partial charge in [0.2, 0.25) is 0 Å². The maximum absolute atomic E-state index is 13.1. The number of aldehydes is 1. The van der Waals surface area contributed by atoms with Crippen molar-refractivity contribution in [1.29, 1.82) is 0 Å². The molecule has 0 spiro atoms. The highest BCUT2D eigenvalue weighted by Crippen LogP contribution is 2.34. The largest absolute Gasteiger partial charge is 0.392 e. The van der Waals surface area contributed by atoms with Crippen LogP contribution in [-0.4, -0.2) is 65.2 Å². The first-order valence-electron chi connectivity index (χ1n) is 13.0. The Balaban J connectivity index is 1.72. The topological polar surface area (TPSA) is 106 Å². The van der Waals surface area contributed by atoms with Crippen LogP contribution in [0.3, 0.4) is 0 Å². The van der Waals surface area contributed by atoms with Crippen LogP contribution in [0.4, 0.5) is 5.69 Å². The molecule has 2 heterocycles. The minimum Gasteiger partial charge on any atom is -0.392 e. The lowest BCUT2D eigenvalue weighted by Crippen LogP contribution is -2.42. The van der Waals surface area contributed by atoms with E-state index in [1.807, 2.05) is 43.4 Å². The van der Waals surface area contributed by atoms with Crippen molar-refractivity contribution in [2.75, 3.05) is 32.5 Å². The molecule has 3 N–H and O–H groups in total. The van der Waals surface area contributed by atoms with Gasteiger partial charge < -0.3 is 25.2 Å². The molecule has 0 unspecified atom stereocenters. The van der Waals surface area contributed by atoms with Crippen LogP contribution in [0.15, 0.2) is 54.7 Å². The van der Waals surface area contributed by atoms with Gasteiger partial charge in [-0.3, -0.25) is 14.4 Å². The summed E-state index contributed by atoms with van der Waals surface area (Å²) in [6.07, 6.45) is 3.49. The Bertz CT molecular complexity index is 1410. The number of amides is 2. The number of carbonyl (C=O) groups is 3. The van der Waals surface area contributed by atoms with E-state index < -0.39 is 0 Å². The summed E-state index contributed by atoms with van der Waals surface area (Å²) < 4.78 is 0. The number of anilines is 1. The molecule has 1 fully saturated rings. The van der Waals surface area contributed by atoms with Gasteiger partial charge in [-0.2, -0.15) is 0 Å². The minimum absolute atomic E-state index is 0.0269. The van der Waals surface area contributed by atoms with Crippen LogP contribution in [0, 0.1) is 0 Å². The average molecular weight is 529 g/mol. The number of hydrogen-bond acceptors (Lipinski definition) is 5. The predicted molar refractivity (Wildman–Crippen MR) is 153 cm³/mol. The monoisotopic (exact) mass is 528 g/mol. The van der Waals surface area contributed by atoms with Crippen LogP contribution >= 0.6 is 0 Å². The molecule has 2 amide bonds. The predicted octanol–water partition coefficient (Wildman–Crippen LogP) is 4.67. The standard InChI is InChI=1S/C31H36N4O4/c1-31(2,3)21-12-10-20(11-13-21)29(38)33-26-9-6-8-22(25(26)18-36)24(17-34(4)5)23-16-27(32-28(23)19-37)30(39)35-14-7-15-35/h6,8-13,16-17,19,32,36H,7,14-15,18H2,1-5H3,(H,33,38)/b24-17-. The van der Waals surface area contributed by atoms with Gasteiger partial charge in [-0.05, 0) is 47.2 Å². The van der Waals surface area contributed by atoms with Gasteiger partial charge in [0.15, 0.2) is 6.29 Å². The second kappa shape index (κ2) is 11.3. The van der Waals surface area contributed by atoms with Gasteiger partial charge in [-0.1, -0.05) is 45.0 Å². The van der Waals surface area contributed by atoms with Crippen molar-refractivity contribution in [2.45, 2.75) is 39.2 Å². The molecule has 8 nitrogen and oxygen atoms in total. The van der Waals surface area contributed by atoms with E-state index in [1.54, 1.807) is 35.2 Å². The Kier molecular flexibility index (Phi) is 8.06. The zero-order valence-electron chi connectivity index (χ0n) is 23.2. The van der Waals surface area contributed by atoms with E-state index in [0.29, 0.717) is 58.6 Å². The number of nitrogens with one attached hydrogen (secondary N) is 2. The third-order valence-corrected chi connectivity index (χ3v) is 6.90. The zero-order chi connectivity index (χ0) is 28.3. The average Bonchev–Trinajstić information content (AvgIpc) is 3.30. The second-order valence-corrected chi connectivity index (χ2v) is 11.1. The number of aromatic nitrogens is 1. The minimum atomic E-state index is -0.347. The Morgan fingerprint density at radius 1 is 1.08 bits per heavy atom. The van der Waals surface area contributed by atoms with Crippen LogP contribution in [0.5, 0.6) is 0 Å². The Labute approximate surface area is 229 Å². The van der Waals surface area contributed by atoms with Crippen molar-refractivity contribution in [3.05, 3.63) is 93.9 Å². The van der Waals surface area contributed by atoms with E-state index >= 15 is 0 Å². The first-order valence-corrected chi connectivity index (χ1v) is 13.0. The van der Waals surface area contributed by atoms with E-state index in [1.165, 1.54) is 0 Å². The number of aliphatic hydroxyl groups is 1. The van der Waals surface area contributed by atoms with Crippen LogP contribution in [-0.2, 0) is 12.0 Å². The maximum Gasteiger partial charge on any atom is 0.270 e. The molecular weight excluding hydrogens is 492 g/mol. The molecule has 1 saturated heterocycles. The fourth-order valence-electron chi connectivity index (χ4n) is 4.58. The number of carbonyl (C=O) groups excluding carboxylic acids is 3. The molecule has 0 bridgehead atoms. The number of nitrogens with zero attached hydrogens (tertiary/aromatic N) is 2. The smallest absolute Gasteiger partial charge is 0.270 e. The molecule has 39 heavy (non-hydrogen) atoms. The number of benzene rings is 2. The molecule has 1 aliphatic heterocycles. The number of likely N-dealkylation sites (tertiary alicyclic amines) is 1. The van der Waals surface area contributed by atoms with Gasteiger partial charge in [0.1, 0.15) is 5.69 Å². The van der Waals surface area contributed by atoms with Crippen molar-refractivity contribution in [3.63, 3.8) is 0 Å². The van der Waals surface area contributed by atoms with E-state index in [9.17, 15) is 19.5 Å². The fraction of sp³-hybridized carbons (Fsp3) is 0.323. The van der Waals surface area contributed by atoms with Gasteiger partial charge >= 0.3 is 0 Å². The van der Waals surface area contributed by atoms with E-state index in [0.717, 1.165) is 12.0 Å². The summed E-state index contributed by atoms with van der Waals surface area (Å²) in [6, 6.07) is 14.5. The maximum atomic E-state index is 13.1. The lowest BCUT2D eigenvalue weighted by molar-refractivity contribution is 0.0646. The number of H-pyrrole nitrogens is 1. The summed E-state index contributed by atoms with van der Waals surface area (Å²) in [4.78, 5) is 44.6. The lowest BCUT2D eigenvalue weighted by Gasteiger charge is -2.30. The SMILES string of the molecule is CN(C)/C=C(\c1cc(C(=O)N2CCC2)[nH]c1C=O)c1cccc(NC(=O)c2ccc(C(C)(C)C)cc2)c1CO. The highest BCUT2D eigenvalue weighted by molar-refractivity contribution is 6.05. The van der Waals surface area contributed by atoms with Gasteiger partial charge in [0.25, 0.3) is 11.8 Å². The van der Waals surface area contributed by atoms with Gasteiger partial charge in [-0.25, -0.2) is 0 Å². The summed E-state index contributed by atoms with van der Waals surface area (Å²) >= 11 is 0. The molecule has 0 atom stereocenters. The summed E-state index contributed by atoms with van der Waals surface area (Å²) in [6.45, 7) is 7.39. The normalized spacial score (nSPS) is 13.6. The molecule has 2 aromatic carbocycles. The molecule has 4 rings (SSSR count). The first-order chi connectivity index (χ1) is 18.5. The van der Waals surface area contributed by atoms with Crippen molar-refractivity contribution >= 4 is 29.4 Å². The number of aliphatic hydroxyl groups excluding tert-OH is 1. The lowest BCUT2D eigenvalue weighted by atomic mass is 9.86. The Hall–Kier alpha value is -4.17. The highest BCUT2D eigenvalue weighted by atomic mass is 16.3. The fourth-order valence-corrected chi connectivity index (χ4v) is 4.58. The number of hydrogen-bond donors (Lipinski definition) is 3.